The summed E-state index contributed by atoms with van der Waals surface area (Å²) >= 11 is 0. The maximum Gasteiger partial charge on any atom is 0.0678 e. The van der Waals surface area contributed by atoms with Crippen molar-refractivity contribution in [3.05, 3.63) is 42.1 Å². The molecule has 0 bridgehead atoms. The van der Waals surface area contributed by atoms with Gasteiger partial charge >= 0.3 is 0 Å². The van der Waals surface area contributed by atoms with Crippen molar-refractivity contribution in [2.75, 3.05) is 0 Å². The lowest BCUT2D eigenvalue weighted by atomic mass is 9.86. The molecule has 0 saturated heterocycles. The normalized spacial score (nSPS) is 11.8. The van der Waals surface area contributed by atoms with Crippen molar-refractivity contribution in [3.8, 4) is 11.3 Å². The first kappa shape index (κ1) is 10.9. The van der Waals surface area contributed by atoms with Crippen LogP contribution in [0.3, 0.4) is 0 Å². The summed E-state index contributed by atoms with van der Waals surface area (Å²) in [5, 5.41) is 4.20. The number of hydrogen-bond acceptors (Lipinski definition) is 1. The molecule has 2 nitrogen and oxygen atoms in total. The zero-order valence-corrected chi connectivity index (χ0v) is 10.4. The Bertz CT molecular complexity index is 489. The van der Waals surface area contributed by atoms with Crippen LogP contribution < -0.4 is 0 Å². The Morgan fingerprint density at radius 1 is 1.12 bits per heavy atom. The second-order valence-electron chi connectivity index (χ2n) is 5.17. The Kier molecular flexibility index (Phi) is 2.58. The number of aromatic nitrogens is 2. The van der Waals surface area contributed by atoms with Crippen LogP contribution in [0.4, 0.5) is 0 Å². The zero-order valence-electron chi connectivity index (χ0n) is 10.4. The van der Waals surface area contributed by atoms with Gasteiger partial charge in [-0.05, 0) is 23.1 Å². The molecular weight excluding hydrogens is 196 g/mol. The minimum absolute atomic E-state index is 0.189. The lowest BCUT2D eigenvalue weighted by molar-refractivity contribution is 0.590. The summed E-state index contributed by atoms with van der Waals surface area (Å²) in [5.41, 5.74) is 3.93. The van der Waals surface area contributed by atoms with Crippen LogP contribution in [0.15, 0.2) is 36.5 Å². The number of nitrogens with zero attached hydrogens (tertiary/aromatic N) is 2. The van der Waals surface area contributed by atoms with Crippen LogP contribution >= 0.6 is 0 Å². The first-order valence-electron chi connectivity index (χ1n) is 5.57. The second kappa shape index (κ2) is 3.78. The summed E-state index contributed by atoms with van der Waals surface area (Å²) in [6.07, 6.45) is 1.83. The van der Waals surface area contributed by atoms with E-state index in [1.54, 1.807) is 0 Å². The van der Waals surface area contributed by atoms with Crippen LogP contribution in [0.2, 0.25) is 0 Å². The fourth-order valence-electron chi connectivity index (χ4n) is 1.80. The van der Waals surface area contributed by atoms with E-state index in [2.05, 4.69) is 50.1 Å². The highest BCUT2D eigenvalue weighted by Gasteiger charge is 2.14. The van der Waals surface area contributed by atoms with Crippen LogP contribution in [0, 0.1) is 0 Å². The van der Waals surface area contributed by atoms with Gasteiger partial charge in [0, 0.05) is 18.8 Å². The van der Waals surface area contributed by atoms with Crippen molar-refractivity contribution >= 4 is 0 Å². The van der Waals surface area contributed by atoms with Gasteiger partial charge in [-0.3, -0.25) is 4.68 Å². The standard InChI is InChI=1S/C14H18N2/c1-14(2,3)12-7-5-6-11(10-12)13-8-9-15-16(13)4/h5-10H,1-4H3. The van der Waals surface area contributed by atoms with Gasteiger partial charge in [0.1, 0.15) is 0 Å². The summed E-state index contributed by atoms with van der Waals surface area (Å²) in [4.78, 5) is 0. The Morgan fingerprint density at radius 2 is 1.88 bits per heavy atom. The van der Waals surface area contributed by atoms with Gasteiger partial charge in [-0.2, -0.15) is 5.10 Å². The number of benzene rings is 1. The van der Waals surface area contributed by atoms with Gasteiger partial charge < -0.3 is 0 Å². The molecule has 0 fully saturated rings. The lowest BCUT2D eigenvalue weighted by Gasteiger charge is -2.19. The quantitative estimate of drug-likeness (QED) is 0.711. The molecule has 0 atom stereocenters. The van der Waals surface area contributed by atoms with Crippen molar-refractivity contribution in [2.45, 2.75) is 26.2 Å². The van der Waals surface area contributed by atoms with Gasteiger partial charge in [-0.1, -0.05) is 39.0 Å². The fourth-order valence-corrected chi connectivity index (χ4v) is 1.80. The molecule has 2 rings (SSSR count). The van der Waals surface area contributed by atoms with E-state index < -0.39 is 0 Å². The van der Waals surface area contributed by atoms with Crippen molar-refractivity contribution in [3.63, 3.8) is 0 Å². The highest BCUT2D eigenvalue weighted by molar-refractivity contribution is 5.60. The third-order valence-electron chi connectivity index (χ3n) is 2.85. The average molecular weight is 214 g/mol. The van der Waals surface area contributed by atoms with Gasteiger partial charge in [-0.25, -0.2) is 0 Å². The Balaban J connectivity index is 2.49. The molecule has 16 heavy (non-hydrogen) atoms. The molecule has 0 N–H and O–H groups in total. The zero-order chi connectivity index (χ0) is 11.8. The minimum Gasteiger partial charge on any atom is -0.268 e. The molecule has 2 heteroatoms. The summed E-state index contributed by atoms with van der Waals surface area (Å²) in [5.74, 6) is 0. The Labute approximate surface area is 96.9 Å². The molecule has 2 aromatic rings. The molecule has 1 aromatic carbocycles. The lowest BCUT2D eigenvalue weighted by Crippen LogP contribution is -2.10. The highest BCUT2D eigenvalue weighted by atomic mass is 15.2. The topological polar surface area (TPSA) is 17.8 Å². The number of rotatable bonds is 1. The van der Waals surface area contributed by atoms with Crippen LogP contribution in [-0.2, 0) is 12.5 Å². The maximum atomic E-state index is 4.20. The summed E-state index contributed by atoms with van der Waals surface area (Å²) < 4.78 is 1.90. The monoisotopic (exact) mass is 214 g/mol. The summed E-state index contributed by atoms with van der Waals surface area (Å²) in [6, 6.07) is 10.7. The van der Waals surface area contributed by atoms with Crippen molar-refractivity contribution in [1.82, 2.24) is 9.78 Å². The molecule has 0 spiro atoms. The van der Waals surface area contributed by atoms with E-state index >= 15 is 0 Å². The van der Waals surface area contributed by atoms with Crippen molar-refractivity contribution in [1.29, 1.82) is 0 Å². The first-order chi connectivity index (χ1) is 7.48. The molecular formula is C14H18N2. The maximum absolute atomic E-state index is 4.20. The minimum atomic E-state index is 0.189. The van der Waals surface area contributed by atoms with Crippen LogP contribution in [0.25, 0.3) is 11.3 Å². The Hall–Kier alpha value is -1.57. The van der Waals surface area contributed by atoms with Gasteiger partial charge in [0.05, 0.1) is 5.69 Å². The van der Waals surface area contributed by atoms with Crippen LogP contribution in [0.5, 0.6) is 0 Å². The van der Waals surface area contributed by atoms with Crippen molar-refractivity contribution < 1.29 is 0 Å². The predicted molar refractivity (Wildman–Crippen MR) is 67.3 cm³/mol. The molecule has 0 aliphatic carbocycles. The van der Waals surface area contributed by atoms with E-state index in [0.29, 0.717) is 0 Å². The van der Waals surface area contributed by atoms with Crippen LogP contribution in [-0.4, -0.2) is 9.78 Å². The third-order valence-corrected chi connectivity index (χ3v) is 2.85. The molecule has 0 unspecified atom stereocenters. The summed E-state index contributed by atoms with van der Waals surface area (Å²) in [6.45, 7) is 6.69. The third kappa shape index (κ3) is 2.01. The van der Waals surface area contributed by atoms with E-state index in [1.165, 1.54) is 11.1 Å². The number of aryl methyl sites for hydroxylation is 1. The average Bonchev–Trinajstić information content (AvgIpc) is 2.63. The van der Waals surface area contributed by atoms with E-state index in [1.807, 2.05) is 24.0 Å². The molecule has 1 aromatic heterocycles. The Morgan fingerprint density at radius 3 is 2.44 bits per heavy atom. The van der Waals surface area contributed by atoms with E-state index in [9.17, 15) is 0 Å². The van der Waals surface area contributed by atoms with Gasteiger partial charge in [0.25, 0.3) is 0 Å². The highest BCUT2D eigenvalue weighted by Crippen LogP contribution is 2.26. The van der Waals surface area contributed by atoms with Gasteiger partial charge in [0.2, 0.25) is 0 Å². The molecule has 0 aliphatic rings. The predicted octanol–water partition coefficient (Wildman–Crippen LogP) is 3.38. The van der Waals surface area contributed by atoms with E-state index in [0.717, 1.165) is 5.69 Å². The fraction of sp³-hybridized carbons (Fsp3) is 0.357. The van der Waals surface area contributed by atoms with E-state index in [4.69, 9.17) is 0 Å². The molecule has 1 heterocycles. The molecule has 84 valence electrons. The number of hydrogen-bond donors (Lipinski definition) is 0. The molecule has 0 saturated carbocycles. The smallest absolute Gasteiger partial charge is 0.0678 e. The second-order valence-corrected chi connectivity index (χ2v) is 5.17. The van der Waals surface area contributed by atoms with Crippen molar-refractivity contribution in [2.24, 2.45) is 7.05 Å². The largest absolute Gasteiger partial charge is 0.268 e. The van der Waals surface area contributed by atoms with Gasteiger partial charge in [0.15, 0.2) is 0 Å². The van der Waals surface area contributed by atoms with Gasteiger partial charge in [-0.15, -0.1) is 0 Å². The SMILES string of the molecule is Cn1nccc1-c1cccc(C(C)(C)C)c1. The van der Waals surface area contributed by atoms with Crippen LogP contribution in [0.1, 0.15) is 26.3 Å². The summed E-state index contributed by atoms with van der Waals surface area (Å²) in [7, 11) is 1.97. The van der Waals surface area contributed by atoms with E-state index in [-0.39, 0.29) is 5.41 Å². The molecule has 0 amide bonds. The molecule has 0 radical (unpaired) electrons. The first-order valence-corrected chi connectivity index (χ1v) is 5.57. The molecule has 0 aliphatic heterocycles.